The van der Waals surface area contributed by atoms with Crippen molar-refractivity contribution < 1.29 is 9.47 Å². The molecule has 0 aliphatic carbocycles. The number of aryl methyl sites for hydroxylation is 1. The topological polar surface area (TPSA) is 79.5 Å². The zero-order chi connectivity index (χ0) is 15.8. The van der Waals surface area contributed by atoms with Crippen molar-refractivity contribution in [3.63, 3.8) is 0 Å². The first-order valence-corrected chi connectivity index (χ1v) is 7.58. The number of anilines is 1. The second kappa shape index (κ2) is 8.00. The van der Waals surface area contributed by atoms with E-state index in [2.05, 4.69) is 15.5 Å². The van der Waals surface area contributed by atoms with E-state index in [-0.39, 0.29) is 6.61 Å². The zero-order valence-corrected chi connectivity index (χ0v) is 13.2. The van der Waals surface area contributed by atoms with Crippen LogP contribution < -0.4 is 14.9 Å². The molecule has 0 unspecified atom stereocenters. The molecule has 0 aliphatic rings. The van der Waals surface area contributed by atoms with E-state index in [9.17, 15) is 0 Å². The average Bonchev–Trinajstić information content (AvgIpc) is 2.92. The Morgan fingerprint density at radius 3 is 2.95 bits per heavy atom. The van der Waals surface area contributed by atoms with Gasteiger partial charge >= 0.3 is 0 Å². The van der Waals surface area contributed by atoms with E-state index in [0.29, 0.717) is 18.1 Å². The summed E-state index contributed by atoms with van der Waals surface area (Å²) in [6, 6.07) is 7.35. The Hall–Kier alpha value is -2.59. The van der Waals surface area contributed by atoms with Crippen molar-refractivity contribution in [1.29, 1.82) is 5.26 Å². The molecule has 0 saturated heterocycles. The van der Waals surface area contributed by atoms with Crippen LogP contribution in [-0.4, -0.2) is 24.4 Å². The molecule has 0 bridgehead atoms. The lowest BCUT2D eigenvalue weighted by Crippen LogP contribution is -2.00. The normalized spacial score (nSPS) is 10.4. The third kappa shape index (κ3) is 4.46. The number of benzene rings is 1. The van der Waals surface area contributed by atoms with Crippen LogP contribution in [0, 0.1) is 18.3 Å². The maximum Gasteiger partial charge on any atom is 0.203 e. The largest absolute Gasteiger partial charge is 0.490 e. The highest BCUT2D eigenvalue weighted by atomic mass is 32.1. The molecule has 0 aliphatic heterocycles. The maximum absolute atomic E-state index is 8.58. The standard InChI is InChI=1S/C15H16N4O2S/c1-3-20-14-8-12(4-5-13(14)21-7-6-16)9-17-19-15-18-11(2)10-22-15/h4-5,8-10H,3,7H2,1-2H3,(H,18,19). The molecule has 114 valence electrons. The smallest absolute Gasteiger partial charge is 0.203 e. The van der Waals surface area contributed by atoms with Crippen molar-refractivity contribution in [3.05, 3.63) is 34.8 Å². The van der Waals surface area contributed by atoms with Gasteiger partial charge < -0.3 is 9.47 Å². The molecule has 0 saturated carbocycles. The number of nitrogens with one attached hydrogen (secondary N) is 1. The molecule has 1 heterocycles. The van der Waals surface area contributed by atoms with Gasteiger partial charge in [0, 0.05) is 5.38 Å². The predicted octanol–water partition coefficient (Wildman–Crippen LogP) is 3.20. The third-order valence-corrected chi connectivity index (χ3v) is 3.42. The van der Waals surface area contributed by atoms with Gasteiger partial charge in [-0.25, -0.2) is 4.98 Å². The van der Waals surface area contributed by atoms with Gasteiger partial charge in [0.15, 0.2) is 18.1 Å². The minimum absolute atomic E-state index is 0.0154. The fraction of sp³-hybridized carbons (Fsp3) is 0.267. The summed E-state index contributed by atoms with van der Waals surface area (Å²) in [5.41, 5.74) is 4.69. The van der Waals surface area contributed by atoms with Gasteiger partial charge in [-0.3, -0.25) is 5.43 Å². The number of hydrogen-bond acceptors (Lipinski definition) is 7. The predicted molar refractivity (Wildman–Crippen MR) is 86.8 cm³/mol. The van der Waals surface area contributed by atoms with Crippen LogP contribution in [0.4, 0.5) is 5.13 Å². The van der Waals surface area contributed by atoms with Crippen molar-refractivity contribution in [2.75, 3.05) is 18.6 Å². The van der Waals surface area contributed by atoms with Gasteiger partial charge in [0.2, 0.25) is 5.13 Å². The summed E-state index contributed by atoms with van der Waals surface area (Å²) < 4.78 is 10.8. The Balaban J connectivity index is 2.07. The second-order valence-electron chi connectivity index (χ2n) is 4.25. The maximum atomic E-state index is 8.58. The fourth-order valence-corrected chi connectivity index (χ4v) is 2.31. The molecule has 7 heteroatoms. The highest BCUT2D eigenvalue weighted by Crippen LogP contribution is 2.28. The van der Waals surface area contributed by atoms with E-state index in [1.54, 1.807) is 12.3 Å². The molecule has 6 nitrogen and oxygen atoms in total. The lowest BCUT2D eigenvalue weighted by Gasteiger charge is -2.10. The van der Waals surface area contributed by atoms with Gasteiger partial charge in [-0.15, -0.1) is 11.3 Å². The van der Waals surface area contributed by atoms with E-state index in [0.717, 1.165) is 16.4 Å². The van der Waals surface area contributed by atoms with E-state index < -0.39 is 0 Å². The number of ether oxygens (including phenoxy) is 2. The van der Waals surface area contributed by atoms with Crippen LogP contribution in [0.25, 0.3) is 0 Å². The van der Waals surface area contributed by atoms with Gasteiger partial charge in [0.05, 0.1) is 18.5 Å². The second-order valence-corrected chi connectivity index (χ2v) is 5.11. The quantitative estimate of drug-likeness (QED) is 0.627. The Morgan fingerprint density at radius 1 is 1.41 bits per heavy atom. The number of hydrazone groups is 1. The molecule has 0 atom stereocenters. The number of aromatic nitrogens is 1. The van der Waals surface area contributed by atoms with Gasteiger partial charge in [0.1, 0.15) is 6.07 Å². The lowest BCUT2D eigenvalue weighted by molar-refractivity contribution is 0.298. The zero-order valence-electron chi connectivity index (χ0n) is 12.4. The van der Waals surface area contributed by atoms with Gasteiger partial charge in [-0.05, 0) is 37.6 Å². The number of hydrogen-bond donors (Lipinski definition) is 1. The molecule has 0 amide bonds. The van der Waals surface area contributed by atoms with Gasteiger partial charge in [-0.2, -0.15) is 10.4 Å². The summed E-state index contributed by atoms with van der Waals surface area (Å²) in [6.07, 6.45) is 1.67. The summed E-state index contributed by atoms with van der Waals surface area (Å²) in [4.78, 5) is 4.26. The first kappa shape index (κ1) is 15.8. The van der Waals surface area contributed by atoms with E-state index >= 15 is 0 Å². The number of thiazole rings is 1. The Kier molecular flexibility index (Phi) is 5.74. The highest BCUT2D eigenvalue weighted by Gasteiger charge is 2.05. The molecule has 1 aromatic heterocycles. The number of nitrogens with zero attached hydrogens (tertiary/aromatic N) is 3. The monoisotopic (exact) mass is 316 g/mol. The molecular weight excluding hydrogens is 300 g/mol. The van der Waals surface area contributed by atoms with Crippen LogP contribution in [0.5, 0.6) is 11.5 Å². The highest BCUT2D eigenvalue weighted by molar-refractivity contribution is 7.13. The molecule has 0 spiro atoms. The fourth-order valence-electron chi connectivity index (χ4n) is 1.67. The Bertz CT molecular complexity index is 691. The number of nitriles is 1. The summed E-state index contributed by atoms with van der Waals surface area (Å²) in [5.74, 6) is 1.14. The molecule has 1 aromatic carbocycles. The minimum atomic E-state index is -0.0154. The van der Waals surface area contributed by atoms with Crippen molar-refractivity contribution in [2.45, 2.75) is 13.8 Å². The summed E-state index contributed by atoms with van der Waals surface area (Å²) in [5, 5.41) is 15.4. The molecule has 2 rings (SSSR count). The van der Waals surface area contributed by atoms with Crippen molar-refractivity contribution in [2.24, 2.45) is 5.10 Å². The van der Waals surface area contributed by atoms with Crippen LogP contribution in [0.1, 0.15) is 18.2 Å². The lowest BCUT2D eigenvalue weighted by atomic mass is 10.2. The van der Waals surface area contributed by atoms with Crippen molar-refractivity contribution >= 4 is 22.7 Å². The number of rotatable bonds is 7. The van der Waals surface area contributed by atoms with E-state index in [1.165, 1.54) is 11.3 Å². The van der Waals surface area contributed by atoms with Crippen LogP contribution in [-0.2, 0) is 0 Å². The Labute approximate surface area is 133 Å². The molecular formula is C15H16N4O2S. The Morgan fingerprint density at radius 2 is 2.27 bits per heavy atom. The SMILES string of the molecule is CCOc1cc(C=NNc2nc(C)cs2)ccc1OCC#N. The molecule has 22 heavy (non-hydrogen) atoms. The first-order chi connectivity index (χ1) is 10.7. The van der Waals surface area contributed by atoms with Crippen LogP contribution in [0.15, 0.2) is 28.7 Å². The molecule has 0 radical (unpaired) electrons. The third-order valence-electron chi connectivity index (χ3n) is 2.55. The van der Waals surface area contributed by atoms with Crippen molar-refractivity contribution in [3.8, 4) is 17.6 Å². The van der Waals surface area contributed by atoms with Crippen LogP contribution >= 0.6 is 11.3 Å². The first-order valence-electron chi connectivity index (χ1n) is 6.70. The van der Waals surface area contributed by atoms with Crippen LogP contribution in [0.3, 0.4) is 0 Å². The molecule has 0 fully saturated rings. The van der Waals surface area contributed by atoms with Crippen molar-refractivity contribution in [1.82, 2.24) is 4.98 Å². The van der Waals surface area contributed by atoms with E-state index in [1.807, 2.05) is 37.4 Å². The summed E-state index contributed by atoms with van der Waals surface area (Å²) in [6.45, 7) is 4.32. The van der Waals surface area contributed by atoms with E-state index in [4.69, 9.17) is 14.7 Å². The van der Waals surface area contributed by atoms with Crippen LogP contribution in [0.2, 0.25) is 0 Å². The summed E-state index contributed by atoms with van der Waals surface area (Å²) >= 11 is 1.50. The average molecular weight is 316 g/mol. The summed E-state index contributed by atoms with van der Waals surface area (Å²) in [7, 11) is 0. The van der Waals surface area contributed by atoms with Gasteiger partial charge in [0.25, 0.3) is 0 Å². The van der Waals surface area contributed by atoms with Gasteiger partial charge in [-0.1, -0.05) is 0 Å². The molecule has 1 N–H and O–H groups in total. The molecule has 2 aromatic rings. The minimum Gasteiger partial charge on any atom is -0.490 e.